The zero-order chi connectivity index (χ0) is 9.10. The molecule has 1 aromatic rings. The van der Waals surface area contributed by atoms with E-state index in [4.69, 9.17) is 4.74 Å². The van der Waals surface area contributed by atoms with E-state index in [-0.39, 0.29) is 11.3 Å². The highest BCUT2D eigenvalue weighted by Crippen LogP contribution is 2.33. The first-order chi connectivity index (χ1) is 6.36. The number of hydrogen-bond acceptors (Lipinski definition) is 2. The first-order valence-electron chi connectivity index (χ1n) is 4.35. The van der Waals surface area contributed by atoms with Crippen molar-refractivity contribution in [3.63, 3.8) is 0 Å². The molecular formula is C10H11FOS. The maximum atomic E-state index is 12.6. The largest absolute Gasteiger partial charge is 0.363 e. The minimum atomic E-state index is -0.190. The molecule has 0 spiro atoms. The Labute approximate surface area is 81.3 Å². The third-order valence-corrected chi connectivity index (χ3v) is 3.20. The normalized spacial score (nSPS) is 23.0. The van der Waals surface area contributed by atoms with Gasteiger partial charge in [0.2, 0.25) is 0 Å². The summed E-state index contributed by atoms with van der Waals surface area (Å²) in [6.45, 7) is 0.815. The van der Waals surface area contributed by atoms with E-state index in [0.717, 1.165) is 24.3 Å². The van der Waals surface area contributed by atoms with E-state index >= 15 is 0 Å². The van der Waals surface area contributed by atoms with Gasteiger partial charge in [-0.3, -0.25) is 0 Å². The second-order valence-electron chi connectivity index (χ2n) is 2.98. The zero-order valence-electron chi connectivity index (χ0n) is 7.20. The molecule has 3 heteroatoms. The summed E-state index contributed by atoms with van der Waals surface area (Å²) in [5, 5.41) is 0. The fourth-order valence-electron chi connectivity index (χ4n) is 1.30. The molecule has 1 aliphatic rings. The van der Waals surface area contributed by atoms with Crippen LogP contribution in [0.15, 0.2) is 24.3 Å². The topological polar surface area (TPSA) is 9.23 Å². The minimum absolute atomic E-state index is 0.106. The molecule has 1 fully saturated rings. The molecule has 1 atom stereocenters. The van der Waals surface area contributed by atoms with Gasteiger partial charge in [-0.1, -0.05) is 12.1 Å². The Morgan fingerprint density at radius 1 is 1.31 bits per heavy atom. The predicted octanol–water partition coefficient (Wildman–Crippen LogP) is 2.98. The SMILES string of the molecule is Fc1ccc(C2OCCCS2)cc1. The molecule has 1 nitrogen and oxygen atoms in total. The molecule has 0 radical (unpaired) electrons. The van der Waals surface area contributed by atoms with Crippen LogP contribution in [0.4, 0.5) is 4.39 Å². The predicted molar refractivity (Wildman–Crippen MR) is 52.2 cm³/mol. The second kappa shape index (κ2) is 4.11. The summed E-state index contributed by atoms with van der Waals surface area (Å²) in [4.78, 5) is 0. The van der Waals surface area contributed by atoms with Crippen LogP contribution in [0, 0.1) is 5.82 Å². The Morgan fingerprint density at radius 3 is 2.69 bits per heavy atom. The fraction of sp³-hybridized carbons (Fsp3) is 0.400. The second-order valence-corrected chi connectivity index (χ2v) is 4.15. The standard InChI is InChI=1S/C10H11FOS/c11-9-4-2-8(3-5-9)10-12-6-1-7-13-10/h2-5,10H,1,6-7H2. The Morgan fingerprint density at radius 2 is 2.08 bits per heavy atom. The zero-order valence-corrected chi connectivity index (χ0v) is 8.02. The summed E-state index contributed by atoms with van der Waals surface area (Å²) < 4.78 is 18.2. The number of hydrogen-bond donors (Lipinski definition) is 0. The van der Waals surface area contributed by atoms with Gasteiger partial charge in [0.15, 0.2) is 0 Å². The molecule has 1 saturated heterocycles. The molecular weight excluding hydrogens is 187 g/mol. The highest BCUT2D eigenvalue weighted by Gasteiger charge is 2.15. The lowest BCUT2D eigenvalue weighted by Crippen LogP contribution is -2.09. The van der Waals surface area contributed by atoms with Gasteiger partial charge in [0.25, 0.3) is 0 Å². The fourth-order valence-corrected chi connectivity index (χ4v) is 2.34. The van der Waals surface area contributed by atoms with Crippen molar-refractivity contribution in [2.45, 2.75) is 11.9 Å². The molecule has 1 aromatic carbocycles. The summed E-state index contributed by atoms with van der Waals surface area (Å²) in [7, 11) is 0. The van der Waals surface area contributed by atoms with Gasteiger partial charge >= 0.3 is 0 Å². The van der Waals surface area contributed by atoms with E-state index in [1.54, 1.807) is 23.9 Å². The van der Waals surface area contributed by atoms with Crippen LogP contribution in [0.1, 0.15) is 17.4 Å². The monoisotopic (exact) mass is 198 g/mol. The van der Waals surface area contributed by atoms with Crippen LogP contribution >= 0.6 is 11.8 Å². The van der Waals surface area contributed by atoms with Crippen molar-refractivity contribution in [2.75, 3.05) is 12.4 Å². The van der Waals surface area contributed by atoms with Crippen molar-refractivity contribution in [3.8, 4) is 0 Å². The maximum Gasteiger partial charge on any atom is 0.128 e. The molecule has 1 heterocycles. The molecule has 70 valence electrons. The average Bonchev–Trinajstić information content (AvgIpc) is 2.20. The van der Waals surface area contributed by atoms with Gasteiger partial charge in [-0.15, -0.1) is 11.8 Å². The highest BCUT2D eigenvalue weighted by atomic mass is 32.2. The lowest BCUT2D eigenvalue weighted by Gasteiger charge is -2.22. The van der Waals surface area contributed by atoms with Crippen LogP contribution in [-0.4, -0.2) is 12.4 Å². The smallest absolute Gasteiger partial charge is 0.128 e. The summed E-state index contributed by atoms with van der Waals surface area (Å²) >= 11 is 1.78. The van der Waals surface area contributed by atoms with Gasteiger partial charge in [0.05, 0.1) is 0 Å². The van der Waals surface area contributed by atoms with Crippen LogP contribution in [0.5, 0.6) is 0 Å². The van der Waals surface area contributed by atoms with Crippen LogP contribution in [0.2, 0.25) is 0 Å². The van der Waals surface area contributed by atoms with Crippen molar-refractivity contribution in [1.82, 2.24) is 0 Å². The molecule has 0 N–H and O–H groups in total. The van der Waals surface area contributed by atoms with Crippen molar-refractivity contribution in [2.24, 2.45) is 0 Å². The average molecular weight is 198 g/mol. The Bertz CT molecular complexity index is 267. The van der Waals surface area contributed by atoms with Crippen LogP contribution in [0.25, 0.3) is 0 Å². The summed E-state index contributed by atoms with van der Waals surface area (Å²) in [6.07, 6.45) is 1.11. The molecule has 1 unspecified atom stereocenters. The van der Waals surface area contributed by atoms with Gasteiger partial charge in [-0.2, -0.15) is 0 Å². The number of thioether (sulfide) groups is 1. The maximum absolute atomic E-state index is 12.6. The lowest BCUT2D eigenvalue weighted by molar-refractivity contribution is 0.106. The molecule has 0 saturated carbocycles. The van der Waals surface area contributed by atoms with Crippen molar-refractivity contribution in [3.05, 3.63) is 35.6 Å². The van der Waals surface area contributed by atoms with Crippen LogP contribution < -0.4 is 0 Å². The summed E-state index contributed by atoms with van der Waals surface area (Å²) in [5.74, 6) is 0.937. The molecule has 2 rings (SSSR count). The van der Waals surface area contributed by atoms with E-state index in [9.17, 15) is 4.39 Å². The number of benzene rings is 1. The number of halogens is 1. The van der Waals surface area contributed by atoms with Crippen LogP contribution in [-0.2, 0) is 4.74 Å². The Hall–Kier alpha value is -0.540. The molecule has 0 aliphatic carbocycles. The van der Waals surface area contributed by atoms with Gasteiger partial charge in [-0.25, -0.2) is 4.39 Å². The first-order valence-corrected chi connectivity index (χ1v) is 5.40. The van der Waals surface area contributed by atoms with Crippen molar-refractivity contribution < 1.29 is 9.13 Å². The Kier molecular flexibility index (Phi) is 2.86. The van der Waals surface area contributed by atoms with Gasteiger partial charge in [0.1, 0.15) is 11.3 Å². The summed E-state index contributed by atoms with van der Waals surface area (Å²) in [5.41, 5.74) is 1.17. The molecule has 0 bridgehead atoms. The van der Waals surface area contributed by atoms with E-state index in [1.807, 2.05) is 0 Å². The first kappa shape index (κ1) is 9.03. The third kappa shape index (κ3) is 2.23. The highest BCUT2D eigenvalue weighted by molar-refractivity contribution is 7.99. The Balaban J connectivity index is 2.10. The molecule has 1 aliphatic heterocycles. The summed E-state index contributed by atoms with van der Waals surface area (Å²) in [6, 6.07) is 6.54. The van der Waals surface area contributed by atoms with Crippen molar-refractivity contribution in [1.29, 1.82) is 0 Å². The van der Waals surface area contributed by atoms with Gasteiger partial charge in [0, 0.05) is 6.61 Å². The number of ether oxygens (including phenoxy) is 1. The quantitative estimate of drug-likeness (QED) is 0.686. The lowest BCUT2D eigenvalue weighted by atomic mass is 10.2. The minimum Gasteiger partial charge on any atom is -0.363 e. The molecule has 13 heavy (non-hydrogen) atoms. The molecule has 0 amide bonds. The van der Waals surface area contributed by atoms with Crippen molar-refractivity contribution >= 4 is 11.8 Å². The third-order valence-electron chi connectivity index (χ3n) is 1.97. The van der Waals surface area contributed by atoms with E-state index in [1.165, 1.54) is 12.1 Å². The van der Waals surface area contributed by atoms with E-state index < -0.39 is 0 Å². The molecule has 0 aromatic heterocycles. The van der Waals surface area contributed by atoms with Crippen LogP contribution in [0.3, 0.4) is 0 Å². The van der Waals surface area contributed by atoms with Gasteiger partial charge in [-0.05, 0) is 29.9 Å². The van der Waals surface area contributed by atoms with E-state index in [0.29, 0.717) is 0 Å². The van der Waals surface area contributed by atoms with Gasteiger partial charge < -0.3 is 4.74 Å². The van der Waals surface area contributed by atoms with E-state index in [2.05, 4.69) is 0 Å². The number of rotatable bonds is 1.